The molecule has 0 radical (unpaired) electrons. The number of aromatic amines is 1. The maximum atomic E-state index is 11.9. The molecule has 6 nitrogen and oxygen atoms in total. The summed E-state index contributed by atoms with van der Waals surface area (Å²) in [5, 5.41) is 8.33. The number of carbonyl (C=O) groups excluding carboxylic acids is 1. The van der Waals surface area contributed by atoms with Crippen molar-refractivity contribution < 1.29 is 13.2 Å². The minimum Gasteiger partial charge on any atom is -0.308 e. The van der Waals surface area contributed by atoms with E-state index >= 15 is 0 Å². The number of aryl methyl sites for hydroxylation is 1. The van der Waals surface area contributed by atoms with Gasteiger partial charge in [-0.05, 0) is 19.3 Å². The monoisotopic (exact) mass is 271 g/mol. The van der Waals surface area contributed by atoms with E-state index in [0.29, 0.717) is 18.7 Å². The van der Waals surface area contributed by atoms with Crippen LogP contribution in [-0.2, 0) is 21.1 Å². The van der Waals surface area contributed by atoms with Crippen LogP contribution in [-0.4, -0.2) is 35.5 Å². The summed E-state index contributed by atoms with van der Waals surface area (Å²) in [5.41, 5.74) is 0.900. The fourth-order valence-electron chi connectivity index (χ4n) is 2.06. The summed E-state index contributed by atoms with van der Waals surface area (Å²) in [4.78, 5) is 11.9. The van der Waals surface area contributed by atoms with Crippen LogP contribution in [0.3, 0.4) is 0 Å². The van der Waals surface area contributed by atoms with Crippen molar-refractivity contribution in [3.8, 4) is 0 Å². The molecule has 2 N–H and O–H groups in total. The molecule has 100 valence electrons. The van der Waals surface area contributed by atoms with Gasteiger partial charge in [0.05, 0.1) is 5.75 Å². The minimum atomic E-state index is -3.29. The maximum Gasteiger partial charge on any atom is 0.243 e. The number of anilines is 1. The topological polar surface area (TPSA) is 91.9 Å². The predicted octanol–water partition coefficient (Wildman–Crippen LogP) is 0.878. The molecule has 0 saturated carbocycles. The molecule has 1 fully saturated rings. The predicted molar refractivity (Wildman–Crippen MR) is 68.0 cm³/mol. The van der Waals surface area contributed by atoms with E-state index < -0.39 is 21.0 Å². The van der Waals surface area contributed by atoms with Crippen LogP contribution in [0.2, 0.25) is 0 Å². The highest BCUT2D eigenvalue weighted by Gasteiger charge is 2.35. The molecule has 1 aliphatic heterocycles. The minimum absolute atomic E-state index is 0.103. The molecule has 0 aromatic carbocycles. The number of rotatable bonds is 3. The lowest BCUT2D eigenvalue weighted by Gasteiger charge is -2.20. The van der Waals surface area contributed by atoms with Crippen molar-refractivity contribution in [2.75, 3.05) is 11.1 Å². The summed E-state index contributed by atoms with van der Waals surface area (Å²) < 4.78 is 23.6. The van der Waals surface area contributed by atoms with Crippen molar-refractivity contribution in [3.05, 3.63) is 11.8 Å². The number of hydrogen-bond acceptors (Lipinski definition) is 4. The highest BCUT2D eigenvalue weighted by molar-refractivity contribution is 7.92. The fraction of sp³-hybridized carbons (Fsp3) is 0.636. The Kier molecular flexibility index (Phi) is 3.70. The zero-order valence-corrected chi connectivity index (χ0v) is 11.1. The van der Waals surface area contributed by atoms with Crippen molar-refractivity contribution in [1.82, 2.24) is 10.2 Å². The van der Waals surface area contributed by atoms with Gasteiger partial charge in [-0.15, -0.1) is 0 Å². The van der Waals surface area contributed by atoms with E-state index in [4.69, 9.17) is 0 Å². The molecule has 1 saturated heterocycles. The second-order valence-corrected chi connectivity index (χ2v) is 6.78. The number of nitrogens with zero attached hydrogens (tertiary/aromatic N) is 1. The molecule has 1 aromatic heterocycles. The summed E-state index contributed by atoms with van der Waals surface area (Å²) in [6, 6.07) is 1.72. The molecule has 1 unspecified atom stereocenters. The lowest BCUT2D eigenvalue weighted by molar-refractivity contribution is -0.116. The van der Waals surface area contributed by atoms with E-state index in [9.17, 15) is 13.2 Å². The number of sulfone groups is 1. The number of carbonyl (C=O) groups is 1. The van der Waals surface area contributed by atoms with Gasteiger partial charge in [0, 0.05) is 11.8 Å². The van der Waals surface area contributed by atoms with Crippen molar-refractivity contribution >= 4 is 21.6 Å². The van der Waals surface area contributed by atoms with Gasteiger partial charge in [-0.2, -0.15) is 5.10 Å². The molecule has 18 heavy (non-hydrogen) atoms. The Balaban J connectivity index is 2.07. The van der Waals surface area contributed by atoms with Crippen molar-refractivity contribution in [2.24, 2.45) is 0 Å². The Morgan fingerprint density at radius 3 is 2.94 bits per heavy atom. The van der Waals surface area contributed by atoms with Gasteiger partial charge in [-0.3, -0.25) is 9.89 Å². The quantitative estimate of drug-likeness (QED) is 0.853. The van der Waals surface area contributed by atoms with Crippen molar-refractivity contribution in [3.63, 3.8) is 0 Å². The van der Waals surface area contributed by atoms with Crippen LogP contribution in [0.4, 0.5) is 5.82 Å². The van der Waals surface area contributed by atoms with Crippen molar-refractivity contribution in [1.29, 1.82) is 0 Å². The molecular formula is C11H17N3O3S. The molecule has 1 aliphatic rings. The maximum absolute atomic E-state index is 11.9. The third-order valence-corrected chi connectivity index (χ3v) is 5.31. The van der Waals surface area contributed by atoms with Gasteiger partial charge in [-0.1, -0.05) is 13.3 Å². The van der Waals surface area contributed by atoms with E-state index in [2.05, 4.69) is 15.5 Å². The molecule has 7 heteroatoms. The smallest absolute Gasteiger partial charge is 0.243 e. The highest BCUT2D eigenvalue weighted by atomic mass is 32.2. The zero-order chi connectivity index (χ0) is 13.2. The average molecular weight is 271 g/mol. The van der Waals surface area contributed by atoms with Crippen LogP contribution in [0.1, 0.15) is 31.9 Å². The van der Waals surface area contributed by atoms with Gasteiger partial charge in [-0.25, -0.2) is 8.42 Å². The van der Waals surface area contributed by atoms with Crippen LogP contribution in [0.5, 0.6) is 0 Å². The molecule has 1 atom stereocenters. The standard InChI is InChI=1S/C11H17N3O3S/c1-2-8-7-10(14-13-8)12-11(15)9-5-3-4-6-18(9,16)17/h7,9H,2-6H2,1H3,(H2,12,13,14,15). The van der Waals surface area contributed by atoms with E-state index in [-0.39, 0.29) is 5.75 Å². The molecule has 0 spiro atoms. The summed E-state index contributed by atoms with van der Waals surface area (Å²) in [7, 11) is -3.29. The average Bonchev–Trinajstić information content (AvgIpc) is 2.76. The summed E-state index contributed by atoms with van der Waals surface area (Å²) in [5.74, 6) is 0.0211. The van der Waals surface area contributed by atoms with E-state index in [0.717, 1.165) is 18.5 Å². The first-order valence-corrected chi connectivity index (χ1v) is 7.81. The molecular weight excluding hydrogens is 254 g/mol. The Bertz CT molecular complexity index is 535. The molecule has 1 aromatic rings. The van der Waals surface area contributed by atoms with E-state index in [1.807, 2.05) is 6.92 Å². The molecule has 2 rings (SSSR count). The number of hydrogen-bond donors (Lipinski definition) is 2. The number of H-pyrrole nitrogens is 1. The summed E-state index contributed by atoms with van der Waals surface area (Å²) >= 11 is 0. The SMILES string of the molecule is CCc1cc(NC(=O)C2CCCCS2(=O)=O)n[nH]1. The highest BCUT2D eigenvalue weighted by Crippen LogP contribution is 2.21. The van der Waals surface area contributed by atoms with Gasteiger partial charge in [0.25, 0.3) is 0 Å². The van der Waals surface area contributed by atoms with Crippen LogP contribution >= 0.6 is 0 Å². The van der Waals surface area contributed by atoms with Crippen LogP contribution in [0.15, 0.2) is 6.07 Å². The van der Waals surface area contributed by atoms with Crippen LogP contribution in [0.25, 0.3) is 0 Å². The fourth-order valence-corrected chi connectivity index (χ4v) is 3.86. The Hall–Kier alpha value is -1.37. The van der Waals surface area contributed by atoms with Gasteiger partial charge >= 0.3 is 0 Å². The first-order chi connectivity index (χ1) is 8.53. The Morgan fingerprint density at radius 2 is 2.33 bits per heavy atom. The summed E-state index contributed by atoms with van der Waals surface area (Å²) in [6.07, 6.45) is 2.61. The number of aromatic nitrogens is 2. The summed E-state index contributed by atoms with van der Waals surface area (Å²) in [6.45, 7) is 1.96. The number of amides is 1. The molecule has 1 amide bonds. The van der Waals surface area contributed by atoms with Gasteiger partial charge in [0.1, 0.15) is 5.25 Å². The lowest BCUT2D eigenvalue weighted by Crippen LogP contribution is -2.39. The third kappa shape index (κ3) is 2.72. The largest absolute Gasteiger partial charge is 0.308 e. The Morgan fingerprint density at radius 1 is 1.56 bits per heavy atom. The van der Waals surface area contributed by atoms with Crippen molar-refractivity contribution in [2.45, 2.75) is 37.9 Å². The van der Waals surface area contributed by atoms with E-state index in [1.165, 1.54) is 0 Å². The van der Waals surface area contributed by atoms with Gasteiger partial charge in [0.15, 0.2) is 15.7 Å². The first kappa shape index (κ1) is 13.1. The Labute approximate surface area is 106 Å². The second kappa shape index (κ2) is 5.09. The van der Waals surface area contributed by atoms with Gasteiger partial charge < -0.3 is 5.32 Å². The lowest BCUT2D eigenvalue weighted by atomic mass is 10.2. The third-order valence-electron chi connectivity index (χ3n) is 3.13. The first-order valence-electron chi connectivity index (χ1n) is 6.09. The second-order valence-electron chi connectivity index (χ2n) is 4.47. The van der Waals surface area contributed by atoms with Crippen LogP contribution < -0.4 is 5.32 Å². The van der Waals surface area contributed by atoms with Crippen LogP contribution in [0, 0.1) is 0 Å². The molecule has 0 bridgehead atoms. The molecule has 0 aliphatic carbocycles. The zero-order valence-electron chi connectivity index (χ0n) is 10.3. The number of nitrogens with one attached hydrogen (secondary N) is 2. The normalized spacial score (nSPS) is 22.6. The van der Waals surface area contributed by atoms with E-state index in [1.54, 1.807) is 6.07 Å². The molecule has 2 heterocycles. The van der Waals surface area contributed by atoms with Gasteiger partial charge in [0.2, 0.25) is 5.91 Å².